The number of thioether (sulfide) groups is 1. The topological polar surface area (TPSA) is 62.1 Å². The number of hydrogen-bond donors (Lipinski definition) is 1. The van der Waals surface area contributed by atoms with E-state index < -0.39 is 0 Å². The van der Waals surface area contributed by atoms with Gasteiger partial charge < -0.3 is 9.84 Å². The fourth-order valence-electron chi connectivity index (χ4n) is 2.83. The SMILES string of the molecule is C=CCc1cc(/C=C2/SC(=Nc3ccccc3C)N(C)C2=O)cc(OC)c1O. The Kier molecular flexibility index (Phi) is 5.90. The van der Waals surface area contributed by atoms with Gasteiger partial charge in [0, 0.05) is 12.6 Å². The number of phenolic OH excluding ortho intramolecular Hbond substituents is 1. The van der Waals surface area contributed by atoms with Crippen LogP contribution in [-0.4, -0.2) is 35.2 Å². The fraction of sp³-hybridized carbons (Fsp3) is 0.182. The molecule has 0 saturated carbocycles. The number of likely N-dealkylation sites (N-methyl/N-ethyl adjacent to an activating group) is 1. The molecule has 1 N–H and O–H groups in total. The summed E-state index contributed by atoms with van der Waals surface area (Å²) in [5.74, 6) is 0.340. The van der Waals surface area contributed by atoms with Crippen LogP contribution in [0.4, 0.5) is 5.69 Å². The number of benzene rings is 2. The van der Waals surface area contributed by atoms with E-state index in [2.05, 4.69) is 11.6 Å². The largest absolute Gasteiger partial charge is 0.504 e. The van der Waals surface area contributed by atoms with Crippen molar-refractivity contribution in [2.75, 3.05) is 14.2 Å². The molecule has 0 aromatic heterocycles. The van der Waals surface area contributed by atoms with Crippen LogP contribution >= 0.6 is 11.8 Å². The van der Waals surface area contributed by atoms with Gasteiger partial charge in [-0.05, 0) is 60.5 Å². The van der Waals surface area contributed by atoms with Crippen LogP contribution in [0.2, 0.25) is 0 Å². The maximum Gasteiger partial charge on any atom is 0.266 e. The van der Waals surface area contributed by atoms with Crippen LogP contribution in [0.25, 0.3) is 6.08 Å². The molecule has 0 radical (unpaired) electrons. The molecule has 0 bridgehead atoms. The average Bonchev–Trinajstić information content (AvgIpc) is 2.94. The summed E-state index contributed by atoms with van der Waals surface area (Å²) in [4.78, 5) is 19.4. The Balaban J connectivity index is 1.97. The number of methoxy groups -OCH3 is 1. The van der Waals surface area contributed by atoms with Gasteiger partial charge in [-0.25, -0.2) is 4.99 Å². The van der Waals surface area contributed by atoms with Crippen molar-refractivity contribution in [3.8, 4) is 11.5 Å². The number of nitrogens with zero attached hydrogens (tertiary/aromatic N) is 2. The first-order valence-corrected chi connectivity index (χ1v) is 9.59. The number of para-hydroxylation sites is 1. The molecule has 144 valence electrons. The van der Waals surface area contributed by atoms with E-state index in [1.807, 2.05) is 37.3 Å². The Bertz CT molecular complexity index is 995. The van der Waals surface area contributed by atoms with Gasteiger partial charge in [0.1, 0.15) is 0 Å². The molecule has 28 heavy (non-hydrogen) atoms. The molecule has 1 aliphatic heterocycles. The minimum atomic E-state index is -0.116. The van der Waals surface area contributed by atoms with Gasteiger partial charge in [0.25, 0.3) is 5.91 Å². The zero-order chi connectivity index (χ0) is 20.3. The van der Waals surface area contributed by atoms with Crippen molar-refractivity contribution < 1.29 is 14.6 Å². The summed E-state index contributed by atoms with van der Waals surface area (Å²) < 4.78 is 5.26. The molecule has 6 heteroatoms. The summed E-state index contributed by atoms with van der Waals surface area (Å²) in [6.07, 6.45) is 4.00. The number of aliphatic imine (C=N–C) groups is 1. The van der Waals surface area contributed by atoms with Crippen LogP contribution < -0.4 is 4.74 Å². The summed E-state index contributed by atoms with van der Waals surface area (Å²) in [6.45, 7) is 5.70. The molecule has 1 heterocycles. The van der Waals surface area contributed by atoms with Gasteiger partial charge in [-0.1, -0.05) is 24.3 Å². The molecule has 5 nitrogen and oxygen atoms in total. The number of carbonyl (C=O) groups is 1. The number of aryl methyl sites for hydroxylation is 1. The van der Waals surface area contributed by atoms with Gasteiger partial charge in [-0.15, -0.1) is 6.58 Å². The molecule has 3 rings (SSSR count). The standard InChI is InChI=1S/C22H22N2O3S/c1-5-8-16-11-15(12-18(27-4)20(16)25)13-19-21(26)24(3)22(28-19)23-17-10-7-6-9-14(17)2/h5-7,9-13,25H,1,8H2,2-4H3/b19-13+,23-22?. The maximum atomic E-state index is 12.7. The molecule has 2 aromatic carbocycles. The lowest BCUT2D eigenvalue weighted by Crippen LogP contribution is -2.23. The number of carbonyl (C=O) groups excluding carboxylic acids is 1. The minimum Gasteiger partial charge on any atom is -0.504 e. The van der Waals surface area contributed by atoms with Gasteiger partial charge in [-0.2, -0.15) is 0 Å². The van der Waals surface area contributed by atoms with Crippen molar-refractivity contribution in [3.05, 3.63) is 70.6 Å². The highest BCUT2D eigenvalue weighted by Gasteiger charge is 2.30. The second-order valence-corrected chi connectivity index (χ2v) is 7.39. The third-order valence-electron chi connectivity index (χ3n) is 4.39. The predicted molar refractivity (Wildman–Crippen MR) is 115 cm³/mol. The van der Waals surface area contributed by atoms with Crippen LogP contribution in [0, 0.1) is 6.92 Å². The van der Waals surface area contributed by atoms with Crippen molar-refractivity contribution in [2.45, 2.75) is 13.3 Å². The second-order valence-electron chi connectivity index (χ2n) is 6.38. The molecule has 0 spiro atoms. The van der Waals surface area contributed by atoms with Crippen LogP contribution in [-0.2, 0) is 11.2 Å². The molecule has 1 saturated heterocycles. The Hall–Kier alpha value is -2.99. The van der Waals surface area contributed by atoms with Crippen LogP contribution in [0.1, 0.15) is 16.7 Å². The van der Waals surface area contributed by atoms with Crippen molar-refractivity contribution in [1.82, 2.24) is 4.90 Å². The van der Waals surface area contributed by atoms with Crippen LogP contribution in [0.5, 0.6) is 11.5 Å². The molecule has 1 fully saturated rings. The Morgan fingerprint density at radius 3 is 2.75 bits per heavy atom. The summed E-state index contributed by atoms with van der Waals surface area (Å²) in [7, 11) is 3.22. The summed E-state index contributed by atoms with van der Waals surface area (Å²) in [6, 6.07) is 11.3. The van der Waals surface area contributed by atoms with E-state index in [0.29, 0.717) is 27.8 Å². The Morgan fingerprint density at radius 2 is 2.07 bits per heavy atom. The van der Waals surface area contributed by atoms with E-state index in [1.54, 1.807) is 30.2 Å². The molecule has 2 aromatic rings. The first-order chi connectivity index (χ1) is 13.4. The molecular formula is C22H22N2O3S. The van der Waals surface area contributed by atoms with Gasteiger partial charge in [0.05, 0.1) is 17.7 Å². The fourth-order valence-corrected chi connectivity index (χ4v) is 3.81. The van der Waals surface area contributed by atoms with E-state index in [9.17, 15) is 9.90 Å². The summed E-state index contributed by atoms with van der Waals surface area (Å²) >= 11 is 1.33. The zero-order valence-corrected chi connectivity index (χ0v) is 16.9. The second kappa shape index (κ2) is 8.35. The summed E-state index contributed by atoms with van der Waals surface area (Å²) in [5, 5.41) is 10.9. The van der Waals surface area contributed by atoms with Gasteiger partial charge in [0.15, 0.2) is 16.7 Å². The Labute approximate surface area is 169 Å². The number of aromatic hydroxyl groups is 1. The van der Waals surface area contributed by atoms with E-state index in [-0.39, 0.29) is 11.7 Å². The van der Waals surface area contributed by atoms with E-state index >= 15 is 0 Å². The quantitative estimate of drug-likeness (QED) is 0.591. The molecular weight excluding hydrogens is 372 g/mol. The van der Waals surface area contributed by atoms with E-state index in [0.717, 1.165) is 16.8 Å². The first-order valence-electron chi connectivity index (χ1n) is 8.77. The van der Waals surface area contributed by atoms with Gasteiger partial charge in [0.2, 0.25) is 0 Å². The third kappa shape index (κ3) is 3.97. The zero-order valence-electron chi connectivity index (χ0n) is 16.1. The van der Waals surface area contributed by atoms with Crippen LogP contribution in [0.15, 0.2) is 59.0 Å². The number of amidine groups is 1. The lowest BCUT2D eigenvalue weighted by atomic mass is 10.1. The van der Waals surface area contributed by atoms with E-state index in [4.69, 9.17) is 4.74 Å². The highest BCUT2D eigenvalue weighted by atomic mass is 32.2. The summed E-state index contributed by atoms with van der Waals surface area (Å²) in [5.41, 5.74) is 3.35. The number of phenols is 1. The smallest absolute Gasteiger partial charge is 0.266 e. The number of allylic oxidation sites excluding steroid dienone is 1. The maximum absolute atomic E-state index is 12.7. The molecule has 0 atom stereocenters. The van der Waals surface area contributed by atoms with Crippen molar-refractivity contribution in [3.63, 3.8) is 0 Å². The number of rotatable bonds is 5. The van der Waals surface area contributed by atoms with Gasteiger partial charge >= 0.3 is 0 Å². The third-order valence-corrected chi connectivity index (χ3v) is 5.45. The molecule has 0 aliphatic carbocycles. The van der Waals surface area contributed by atoms with Crippen molar-refractivity contribution in [2.24, 2.45) is 4.99 Å². The number of hydrogen-bond acceptors (Lipinski definition) is 5. The van der Waals surface area contributed by atoms with Gasteiger partial charge in [-0.3, -0.25) is 9.69 Å². The minimum absolute atomic E-state index is 0.0915. The number of amides is 1. The molecule has 0 unspecified atom stereocenters. The first kappa shape index (κ1) is 19.8. The van der Waals surface area contributed by atoms with Crippen molar-refractivity contribution >= 4 is 34.6 Å². The lowest BCUT2D eigenvalue weighted by molar-refractivity contribution is -0.121. The molecule has 1 aliphatic rings. The van der Waals surface area contributed by atoms with E-state index in [1.165, 1.54) is 18.9 Å². The van der Waals surface area contributed by atoms with Crippen molar-refractivity contribution in [1.29, 1.82) is 0 Å². The molecule has 1 amide bonds. The van der Waals surface area contributed by atoms with Crippen LogP contribution in [0.3, 0.4) is 0 Å². The predicted octanol–water partition coefficient (Wildman–Crippen LogP) is 4.67. The highest BCUT2D eigenvalue weighted by Crippen LogP contribution is 2.37. The normalized spacial score (nSPS) is 16.8. The monoisotopic (exact) mass is 394 g/mol. The lowest BCUT2D eigenvalue weighted by Gasteiger charge is -2.10. The number of ether oxygens (including phenoxy) is 1. The Morgan fingerprint density at radius 1 is 1.32 bits per heavy atom. The average molecular weight is 394 g/mol. The highest BCUT2D eigenvalue weighted by molar-refractivity contribution is 8.18.